The molecule has 0 saturated carbocycles. The minimum absolute atomic E-state index is 0.00768. The highest BCUT2D eigenvalue weighted by Gasteiger charge is 2.30. The number of Topliss-reactive ketones (excluding diaryl/α,β-unsaturated/α-hetero) is 1. The van der Waals surface area contributed by atoms with E-state index in [9.17, 15) is 29.3 Å². The lowest BCUT2D eigenvalue weighted by molar-refractivity contribution is -0.385. The summed E-state index contributed by atoms with van der Waals surface area (Å²) in [5.74, 6) is -3.43. The summed E-state index contributed by atoms with van der Waals surface area (Å²) in [5.41, 5.74) is -0.547. The van der Waals surface area contributed by atoms with Crippen LogP contribution in [0.4, 0.5) is 11.4 Å². The fraction of sp³-hybridized carbons (Fsp3) is 0. The van der Waals surface area contributed by atoms with E-state index in [-0.39, 0.29) is 28.1 Å². The van der Waals surface area contributed by atoms with Gasteiger partial charge in [0.25, 0.3) is 29.2 Å². The first-order chi connectivity index (χ1) is 11.9. The molecule has 0 fully saturated rings. The highest BCUT2D eigenvalue weighted by Crippen LogP contribution is 2.22. The number of hydrogen-bond acceptors (Lipinski definition) is 6. The smallest absolute Gasteiger partial charge is 0.299 e. The molecular formula is C16H9N3O6. The first-order valence-corrected chi connectivity index (χ1v) is 6.97. The number of benzene rings is 2. The normalized spacial score (nSPS) is 13.0. The Hall–Kier alpha value is -3.88. The van der Waals surface area contributed by atoms with Crippen molar-refractivity contribution in [2.75, 3.05) is 5.32 Å². The van der Waals surface area contributed by atoms with Gasteiger partial charge in [-0.15, -0.1) is 0 Å². The summed E-state index contributed by atoms with van der Waals surface area (Å²) in [7, 11) is 0. The van der Waals surface area contributed by atoms with Crippen molar-refractivity contribution in [1.29, 1.82) is 0 Å². The minimum Gasteiger partial charge on any atom is -0.322 e. The molecule has 124 valence electrons. The number of imide groups is 1. The van der Waals surface area contributed by atoms with Crippen LogP contribution in [0.25, 0.3) is 0 Å². The zero-order chi connectivity index (χ0) is 18.1. The monoisotopic (exact) mass is 339 g/mol. The van der Waals surface area contributed by atoms with Crippen LogP contribution in [-0.4, -0.2) is 28.4 Å². The van der Waals surface area contributed by atoms with Crippen molar-refractivity contribution in [3.63, 3.8) is 0 Å². The van der Waals surface area contributed by atoms with Gasteiger partial charge >= 0.3 is 0 Å². The maximum Gasteiger partial charge on any atom is 0.299 e. The molecule has 0 spiro atoms. The van der Waals surface area contributed by atoms with Crippen LogP contribution in [0.1, 0.15) is 31.1 Å². The number of ketones is 1. The van der Waals surface area contributed by atoms with Crippen molar-refractivity contribution in [2.45, 2.75) is 0 Å². The van der Waals surface area contributed by atoms with E-state index in [0.717, 1.165) is 0 Å². The fourth-order valence-electron chi connectivity index (χ4n) is 2.38. The zero-order valence-electron chi connectivity index (χ0n) is 12.4. The van der Waals surface area contributed by atoms with Gasteiger partial charge in [-0.1, -0.05) is 12.1 Å². The fourth-order valence-corrected chi connectivity index (χ4v) is 2.38. The number of nitrogens with one attached hydrogen (secondary N) is 2. The van der Waals surface area contributed by atoms with Crippen LogP contribution < -0.4 is 10.6 Å². The van der Waals surface area contributed by atoms with Gasteiger partial charge in [0, 0.05) is 17.3 Å². The number of rotatable bonds is 3. The van der Waals surface area contributed by atoms with Crippen molar-refractivity contribution < 1.29 is 24.1 Å². The highest BCUT2D eigenvalue weighted by molar-refractivity contribution is 6.49. The number of hydrogen-bond donors (Lipinski definition) is 2. The summed E-state index contributed by atoms with van der Waals surface area (Å²) in [6, 6.07) is 9.19. The molecule has 0 unspecified atom stereocenters. The third-order valence-corrected chi connectivity index (χ3v) is 3.55. The van der Waals surface area contributed by atoms with Gasteiger partial charge < -0.3 is 5.32 Å². The van der Waals surface area contributed by atoms with Gasteiger partial charge in [-0.05, 0) is 24.3 Å². The molecule has 3 rings (SSSR count). The third-order valence-electron chi connectivity index (χ3n) is 3.55. The molecule has 3 amide bonds. The Morgan fingerprint density at radius 3 is 2.44 bits per heavy atom. The molecule has 2 aromatic rings. The van der Waals surface area contributed by atoms with Crippen LogP contribution in [0.15, 0.2) is 42.5 Å². The molecule has 0 saturated heterocycles. The molecule has 1 aliphatic heterocycles. The van der Waals surface area contributed by atoms with Crippen molar-refractivity contribution in [1.82, 2.24) is 5.32 Å². The second-order valence-corrected chi connectivity index (χ2v) is 5.10. The van der Waals surface area contributed by atoms with E-state index >= 15 is 0 Å². The number of nitro groups is 1. The topological polar surface area (TPSA) is 135 Å². The number of fused-ring (bicyclic) bond motifs is 1. The quantitative estimate of drug-likeness (QED) is 0.374. The van der Waals surface area contributed by atoms with Crippen LogP contribution in [0, 0.1) is 10.1 Å². The molecule has 0 aromatic heterocycles. The van der Waals surface area contributed by atoms with Gasteiger partial charge in [0.1, 0.15) is 5.56 Å². The lowest BCUT2D eigenvalue weighted by atomic mass is 9.98. The summed E-state index contributed by atoms with van der Waals surface area (Å²) in [6.45, 7) is 0. The number of nitro benzene ring substituents is 1. The van der Waals surface area contributed by atoms with Crippen molar-refractivity contribution >= 4 is 34.9 Å². The van der Waals surface area contributed by atoms with Crippen molar-refractivity contribution in [3.8, 4) is 0 Å². The SMILES string of the molecule is O=C1NC(=O)c2ccc(NC(=O)c3ccccc3[N+](=O)[O-])cc2C1=O. The van der Waals surface area contributed by atoms with E-state index < -0.39 is 28.4 Å². The van der Waals surface area contributed by atoms with E-state index in [2.05, 4.69) is 5.32 Å². The number of carbonyl (C=O) groups excluding carboxylic acids is 4. The Balaban J connectivity index is 1.94. The first-order valence-electron chi connectivity index (χ1n) is 6.97. The molecule has 0 aliphatic carbocycles. The molecule has 1 heterocycles. The van der Waals surface area contributed by atoms with Crippen LogP contribution in [0.5, 0.6) is 0 Å². The molecule has 0 atom stereocenters. The van der Waals surface area contributed by atoms with Gasteiger partial charge in [-0.2, -0.15) is 0 Å². The molecule has 0 bridgehead atoms. The van der Waals surface area contributed by atoms with Gasteiger partial charge in [0.05, 0.1) is 10.5 Å². The van der Waals surface area contributed by atoms with Crippen molar-refractivity contribution in [3.05, 3.63) is 69.3 Å². The van der Waals surface area contributed by atoms with Gasteiger partial charge in [-0.25, -0.2) is 0 Å². The van der Waals surface area contributed by atoms with Gasteiger partial charge in [0.15, 0.2) is 0 Å². The highest BCUT2D eigenvalue weighted by atomic mass is 16.6. The maximum atomic E-state index is 12.3. The van der Waals surface area contributed by atoms with E-state index in [1.54, 1.807) is 0 Å². The number of para-hydroxylation sites is 1. The predicted octanol–water partition coefficient (Wildman–Crippen LogP) is 1.30. The second-order valence-electron chi connectivity index (χ2n) is 5.10. The summed E-state index contributed by atoms with van der Waals surface area (Å²) >= 11 is 0. The molecule has 9 nitrogen and oxygen atoms in total. The molecule has 25 heavy (non-hydrogen) atoms. The Morgan fingerprint density at radius 1 is 1.00 bits per heavy atom. The minimum atomic E-state index is -1.06. The van der Waals surface area contributed by atoms with E-state index in [4.69, 9.17) is 0 Å². The number of carbonyl (C=O) groups is 4. The summed E-state index contributed by atoms with van der Waals surface area (Å²) in [4.78, 5) is 57.5. The number of nitrogens with zero attached hydrogens (tertiary/aromatic N) is 1. The van der Waals surface area contributed by atoms with Crippen LogP contribution in [-0.2, 0) is 4.79 Å². The Morgan fingerprint density at radius 2 is 1.72 bits per heavy atom. The van der Waals surface area contributed by atoms with E-state index in [1.807, 2.05) is 5.32 Å². The van der Waals surface area contributed by atoms with E-state index in [1.165, 1.54) is 42.5 Å². The lowest BCUT2D eigenvalue weighted by Crippen LogP contribution is -2.42. The van der Waals surface area contributed by atoms with Crippen LogP contribution >= 0.6 is 0 Å². The Labute approximate surface area is 139 Å². The van der Waals surface area contributed by atoms with Crippen molar-refractivity contribution in [2.24, 2.45) is 0 Å². The summed E-state index contributed by atoms with van der Waals surface area (Å²) in [5, 5.41) is 15.3. The van der Waals surface area contributed by atoms with Crippen LogP contribution in [0.3, 0.4) is 0 Å². The lowest BCUT2D eigenvalue weighted by Gasteiger charge is -2.15. The Bertz CT molecular complexity index is 966. The molecule has 0 radical (unpaired) electrons. The molecule has 9 heteroatoms. The third kappa shape index (κ3) is 2.85. The predicted molar refractivity (Wildman–Crippen MR) is 84.3 cm³/mol. The molecule has 2 N–H and O–H groups in total. The summed E-state index contributed by atoms with van der Waals surface area (Å²) in [6.07, 6.45) is 0. The molecule has 1 aliphatic rings. The average Bonchev–Trinajstić information content (AvgIpc) is 2.59. The molecular weight excluding hydrogens is 330 g/mol. The largest absolute Gasteiger partial charge is 0.322 e. The first kappa shape index (κ1) is 16.0. The summed E-state index contributed by atoms with van der Waals surface area (Å²) < 4.78 is 0. The second kappa shape index (κ2) is 5.96. The van der Waals surface area contributed by atoms with Gasteiger partial charge in [-0.3, -0.25) is 34.6 Å². The van der Waals surface area contributed by atoms with Crippen LogP contribution in [0.2, 0.25) is 0 Å². The number of anilines is 1. The Kier molecular flexibility index (Phi) is 3.82. The maximum absolute atomic E-state index is 12.3. The standard InChI is InChI=1S/C16H9N3O6/c20-13-11-7-8(5-6-9(11)14(21)18-16(13)23)17-15(22)10-3-1-2-4-12(10)19(24)25/h1-7H,(H,17,22)(H,18,21,23). The van der Waals surface area contributed by atoms with Gasteiger partial charge in [0.2, 0.25) is 0 Å². The zero-order valence-corrected chi connectivity index (χ0v) is 12.4. The number of amides is 3. The molecule has 2 aromatic carbocycles. The van der Waals surface area contributed by atoms with E-state index in [0.29, 0.717) is 0 Å². The average molecular weight is 339 g/mol.